The van der Waals surface area contributed by atoms with E-state index in [2.05, 4.69) is 13.8 Å². The molecule has 1 unspecified atom stereocenters. The van der Waals surface area contributed by atoms with Gasteiger partial charge in [0.15, 0.2) is 0 Å². The van der Waals surface area contributed by atoms with Crippen LogP contribution in [0.2, 0.25) is 0 Å². The minimum absolute atomic E-state index is 0.0700. The van der Waals surface area contributed by atoms with E-state index in [-0.39, 0.29) is 17.5 Å². The minimum Gasteiger partial charge on any atom is -0.383 e. The smallest absolute Gasteiger partial charge is 0.261 e. The Morgan fingerprint density at radius 2 is 2.00 bits per heavy atom. The molecule has 0 bridgehead atoms. The number of rotatable bonds is 11. The molecule has 0 aliphatic heterocycles. The Hall–Kier alpha value is -2.51. The number of amides is 1. The van der Waals surface area contributed by atoms with Crippen LogP contribution in [-0.4, -0.2) is 40.6 Å². The van der Waals surface area contributed by atoms with Crippen molar-refractivity contribution in [3.8, 4) is 0 Å². The molecule has 7 heteroatoms. The van der Waals surface area contributed by atoms with Crippen molar-refractivity contribution < 1.29 is 9.53 Å². The Morgan fingerprint density at radius 3 is 2.66 bits per heavy atom. The molecule has 0 radical (unpaired) electrons. The Labute approximate surface area is 193 Å². The van der Waals surface area contributed by atoms with Crippen LogP contribution in [0.1, 0.15) is 50.4 Å². The summed E-state index contributed by atoms with van der Waals surface area (Å²) in [6.07, 6.45) is 1.93. The Bertz CT molecular complexity index is 1080. The van der Waals surface area contributed by atoms with Crippen molar-refractivity contribution in [1.29, 1.82) is 0 Å². The highest BCUT2D eigenvalue weighted by Crippen LogP contribution is 2.26. The van der Waals surface area contributed by atoms with Gasteiger partial charge in [-0.3, -0.25) is 14.2 Å². The van der Waals surface area contributed by atoms with Gasteiger partial charge in [-0.2, -0.15) is 0 Å². The van der Waals surface area contributed by atoms with Gasteiger partial charge in [-0.1, -0.05) is 39.0 Å². The van der Waals surface area contributed by atoms with E-state index in [4.69, 9.17) is 9.72 Å². The molecule has 1 atom stereocenters. The molecule has 0 aliphatic carbocycles. The first-order valence-corrected chi connectivity index (χ1v) is 12.1. The van der Waals surface area contributed by atoms with E-state index in [1.165, 1.54) is 0 Å². The predicted molar refractivity (Wildman–Crippen MR) is 130 cm³/mol. The second kappa shape index (κ2) is 11.4. The molecule has 3 rings (SSSR count). The molecule has 2 heterocycles. The molecular formula is C25H33N3O3S. The van der Waals surface area contributed by atoms with Gasteiger partial charge in [0, 0.05) is 18.5 Å². The molecule has 0 fully saturated rings. The molecular weight excluding hydrogens is 422 g/mol. The van der Waals surface area contributed by atoms with E-state index in [0.717, 1.165) is 11.3 Å². The molecule has 6 nitrogen and oxygen atoms in total. The van der Waals surface area contributed by atoms with Crippen LogP contribution < -0.4 is 5.56 Å². The minimum atomic E-state index is -0.282. The third kappa shape index (κ3) is 5.64. The van der Waals surface area contributed by atoms with Crippen LogP contribution in [-0.2, 0) is 22.5 Å². The topological polar surface area (TPSA) is 64.4 Å². The van der Waals surface area contributed by atoms with Crippen LogP contribution >= 0.6 is 11.3 Å². The van der Waals surface area contributed by atoms with E-state index in [9.17, 15) is 9.59 Å². The third-order valence-corrected chi connectivity index (χ3v) is 6.52. The zero-order valence-corrected chi connectivity index (χ0v) is 20.2. The molecule has 0 N–H and O–H groups in total. The van der Waals surface area contributed by atoms with E-state index >= 15 is 0 Å². The summed E-state index contributed by atoms with van der Waals surface area (Å²) in [5.41, 5.74) is 0.574. The molecule has 0 saturated heterocycles. The number of para-hydroxylation sites is 1. The van der Waals surface area contributed by atoms with Crippen LogP contribution in [0, 0.1) is 5.92 Å². The predicted octanol–water partition coefficient (Wildman–Crippen LogP) is 4.67. The van der Waals surface area contributed by atoms with Crippen LogP contribution in [0.3, 0.4) is 0 Å². The second-order valence-electron chi connectivity index (χ2n) is 8.39. The molecule has 32 heavy (non-hydrogen) atoms. The second-order valence-corrected chi connectivity index (χ2v) is 9.42. The number of fused-ring (bicyclic) bond motifs is 1. The van der Waals surface area contributed by atoms with Gasteiger partial charge in [0.25, 0.3) is 5.56 Å². The van der Waals surface area contributed by atoms with E-state index in [0.29, 0.717) is 55.2 Å². The van der Waals surface area contributed by atoms with Gasteiger partial charge < -0.3 is 9.64 Å². The summed E-state index contributed by atoms with van der Waals surface area (Å²) < 4.78 is 6.97. The summed E-state index contributed by atoms with van der Waals surface area (Å²) in [5, 5.41) is 2.58. The highest BCUT2D eigenvalue weighted by molar-refractivity contribution is 7.10. The lowest BCUT2D eigenvalue weighted by Crippen LogP contribution is -2.40. The van der Waals surface area contributed by atoms with Crippen molar-refractivity contribution in [2.75, 3.05) is 20.3 Å². The highest BCUT2D eigenvalue weighted by atomic mass is 32.1. The molecule has 0 aliphatic rings. The molecule has 172 valence electrons. The molecule has 2 aromatic heterocycles. The number of thiophene rings is 1. The van der Waals surface area contributed by atoms with Gasteiger partial charge >= 0.3 is 0 Å². The van der Waals surface area contributed by atoms with E-state index < -0.39 is 0 Å². The van der Waals surface area contributed by atoms with Crippen LogP contribution in [0.15, 0.2) is 46.6 Å². The number of aromatic nitrogens is 2. The van der Waals surface area contributed by atoms with Gasteiger partial charge in [0.1, 0.15) is 5.82 Å². The van der Waals surface area contributed by atoms with Crippen molar-refractivity contribution in [2.45, 2.75) is 52.6 Å². The largest absolute Gasteiger partial charge is 0.383 e. The average Bonchev–Trinajstić information content (AvgIpc) is 3.29. The van der Waals surface area contributed by atoms with Crippen LogP contribution in [0.4, 0.5) is 0 Å². The summed E-state index contributed by atoms with van der Waals surface area (Å²) in [7, 11) is 1.62. The lowest BCUT2D eigenvalue weighted by molar-refractivity contribution is -0.133. The SMILES string of the molecule is CCC(c1nc2ccccc2c(=O)n1CCOC)N(CCC(C)C)C(=O)Cc1cccs1. The zero-order chi connectivity index (χ0) is 23.1. The van der Waals surface area contributed by atoms with Gasteiger partial charge in [0.05, 0.1) is 36.5 Å². The Morgan fingerprint density at radius 1 is 1.22 bits per heavy atom. The zero-order valence-electron chi connectivity index (χ0n) is 19.4. The number of carbonyl (C=O) groups is 1. The first-order chi connectivity index (χ1) is 15.5. The number of carbonyl (C=O) groups excluding carboxylic acids is 1. The summed E-state index contributed by atoms with van der Waals surface area (Å²) in [4.78, 5) is 34.7. The maximum Gasteiger partial charge on any atom is 0.261 e. The molecule has 3 aromatic rings. The lowest BCUT2D eigenvalue weighted by atomic mass is 10.1. The molecule has 0 saturated carbocycles. The van der Waals surface area contributed by atoms with Gasteiger partial charge in [-0.25, -0.2) is 4.98 Å². The third-order valence-electron chi connectivity index (χ3n) is 5.64. The summed E-state index contributed by atoms with van der Waals surface area (Å²) in [6, 6.07) is 11.1. The maximum absolute atomic E-state index is 13.5. The molecule has 1 aromatic carbocycles. The van der Waals surface area contributed by atoms with Crippen molar-refractivity contribution >= 4 is 28.1 Å². The van der Waals surface area contributed by atoms with Crippen molar-refractivity contribution in [1.82, 2.24) is 14.5 Å². The maximum atomic E-state index is 13.5. The van der Waals surface area contributed by atoms with E-state index in [1.807, 2.05) is 47.5 Å². The fourth-order valence-corrected chi connectivity index (χ4v) is 4.59. The summed E-state index contributed by atoms with van der Waals surface area (Å²) in [6.45, 7) is 7.80. The van der Waals surface area contributed by atoms with Crippen LogP contribution in [0.5, 0.6) is 0 Å². The number of nitrogens with zero attached hydrogens (tertiary/aromatic N) is 3. The monoisotopic (exact) mass is 455 g/mol. The quantitative estimate of drug-likeness (QED) is 0.421. The number of ether oxygens (including phenoxy) is 1. The molecule has 0 spiro atoms. The van der Waals surface area contributed by atoms with E-state index in [1.54, 1.807) is 29.1 Å². The van der Waals surface area contributed by atoms with Crippen LogP contribution in [0.25, 0.3) is 10.9 Å². The first kappa shape index (κ1) is 24.1. The number of benzene rings is 1. The highest BCUT2D eigenvalue weighted by Gasteiger charge is 2.28. The van der Waals surface area contributed by atoms with Crippen molar-refractivity contribution in [3.63, 3.8) is 0 Å². The fraction of sp³-hybridized carbons (Fsp3) is 0.480. The Balaban J connectivity index is 2.08. The molecule has 1 amide bonds. The van der Waals surface area contributed by atoms with Crippen molar-refractivity contribution in [2.24, 2.45) is 5.92 Å². The number of methoxy groups -OCH3 is 1. The van der Waals surface area contributed by atoms with Gasteiger partial charge in [-0.05, 0) is 42.3 Å². The number of hydrogen-bond donors (Lipinski definition) is 0. The first-order valence-electron chi connectivity index (χ1n) is 11.3. The average molecular weight is 456 g/mol. The Kier molecular flexibility index (Phi) is 8.59. The van der Waals surface area contributed by atoms with Gasteiger partial charge in [-0.15, -0.1) is 11.3 Å². The van der Waals surface area contributed by atoms with Gasteiger partial charge in [0.2, 0.25) is 5.91 Å². The lowest BCUT2D eigenvalue weighted by Gasteiger charge is -2.33. The fourth-order valence-electron chi connectivity index (χ4n) is 3.90. The number of hydrogen-bond acceptors (Lipinski definition) is 5. The normalized spacial score (nSPS) is 12.4. The van der Waals surface area contributed by atoms with Crippen molar-refractivity contribution in [3.05, 3.63) is 62.8 Å². The summed E-state index contributed by atoms with van der Waals surface area (Å²) in [5.74, 6) is 1.17. The standard InChI is InChI=1S/C25H33N3O3S/c1-5-22(27(13-12-18(2)3)23(29)17-19-9-8-16-32-19)24-26-21-11-7-6-10-20(21)25(30)28(24)14-15-31-4/h6-11,16,18,22H,5,12-15,17H2,1-4H3. The summed E-state index contributed by atoms with van der Waals surface area (Å²) >= 11 is 1.59.